The van der Waals surface area contributed by atoms with E-state index in [4.69, 9.17) is 0 Å². The second-order valence-electron chi connectivity index (χ2n) is 4.06. The third kappa shape index (κ3) is 9.55. The lowest BCUT2D eigenvalue weighted by Crippen LogP contribution is -2.28. The van der Waals surface area contributed by atoms with Crippen LogP contribution >= 0.6 is 0 Å². The van der Waals surface area contributed by atoms with Gasteiger partial charge in [0.05, 0.1) is 11.5 Å². The van der Waals surface area contributed by atoms with Crippen LogP contribution in [0.1, 0.15) is 52.4 Å². The van der Waals surface area contributed by atoms with Crippen molar-refractivity contribution in [1.82, 2.24) is 4.13 Å². The Morgan fingerprint density at radius 2 is 1.06 bits per heavy atom. The zero-order valence-corrected chi connectivity index (χ0v) is 12.2. The van der Waals surface area contributed by atoms with Gasteiger partial charge in [-0.1, -0.05) is 39.5 Å². The zero-order chi connectivity index (χ0) is 13.4. The van der Waals surface area contributed by atoms with Crippen LogP contribution in [-0.4, -0.2) is 28.3 Å². The fourth-order valence-electron chi connectivity index (χ4n) is 1.32. The van der Waals surface area contributed by atoms with Crippen LogP contribution in [0.5, 0.6) is 0 Å². The Morgan fingerprint density at radius 1 is 0.706 bits per heavy atom. The lowest BCUT2D eigenvalue weighted by Gasteiger charge is -2.04. The summed E-state index contributed by atoms with van der Waals surface area (Å²) < 4.78 is 48.7. The topological polar surface area (TPSA) is 82.4 Å². The van der Waals surface area contributed by atoms with Gasteiger partial charge >= 0.3 is 0 Å². The van der Waals surface area contributed by atoms with Crippen molar-refractivity contribution in [2.75, 3.05) is 11.5 Å². The number of hydrogen-bond acceptors (Lipinski definition) is 4. The molecule has 0 saturated carbocycles. The zero-order valence-electron chi connectivity index (χ0n) is 10.6. The van der Waals surface area contributed by atoms with Crippen molar-refractivity contribution in [3.8, 4) is 0 Å². The van der Waals surface area contributed by atoms with Gasteiger partial charge in [0.2, 0.25) is 20.0 Å². The molecule has 0 spiro atoms. The van der Waals surface area contributed by atoms with Gasteiger partial charge in [0.25, 0.3) is 0 Å². The molecule has 7 heteroatoms. The summed E-state index contributed by atoms with van der Waals surface area (Å²) in [5.41, 5.74) is 0. The van der Waals surface area contributed by atoms with Crippen LogP contribution in [0.15, 0.2) is 0 Å². The number of rotatable bonds is 10. The highest BCUT2D eigenvalue weighted by Crippen LogP contribution is 2.04. The number of hydrogen-bond donors (Lipinski definition) is 0. The molecule has 0 amide bonds. The van der Waals surface area contributed by atoms with E-state index in [1.165, 1.54) is 0 Å². The summed E-state index contributed by atoms with van der Waals surface area (Å²) in [5.74, 6) is -0.346. The van der Waals surface area contributed by atoms with Gasteiger partial charge < -0.3 is 0 Å². The average Bonchev–Trinajstić information content (AvgIpc) is 2.16. The Kier molecular flexibility index (Phi) is 7.98. The van der Waals surface area contributed by atoms with Crippen molar-refractivity contribution in [2.45, 2.75) is 52.4 Å². The lowest BCUT2D eigenvalue weighted by molar-refractivity contribution is 0.570. The first kappa shape index (κ1) is 16.9. The van der Waals surface area contributed by atoms with E-state index in [9.17, 15) is 16.8 Å². The Labute approximate surface area is 105 Å². The summed E-state index contributed by atoms with van der Waals surface area (Å²) in [6.45, 7) is 3.90. The van der Waals surface area contributed by atoms with Gasteiger partial charge in [0.15, 0.2) is 0 Å². The molecule has 5 nitrogen and oxygen atoms in total. The van der Waals surface area contributed by atoms with E-state index in [0.717, 1.165) is 25.7 Å². The van der Waals surface area contributed by atoms with Gasteiger partial charge in [-0.05, 0) is 12.8 Å². The molecule has 0 aliphatic carbocycles. The molecule has 0 N–H and O–H groups in total. The highest BCUT2D eigenvalue weighted by atomic mass is 32.3. The molecule has 0 aromatic heterocycles. The molecule has 1 radical (unpaired) electrons. The Morgan fingerprint density at radius 3 is 1.35 bits per heavy atom. The molecule has 0 fully saturated rings. The average molecular weight is 284 g/mol. The van der Waals surface area contributed by atoms with Crippen LogP contribution in [0.3, 0.4) is 0 Å². The molecular weight excluding hydrogens is 262 g/mol. The maximum Gasteiger partial charge on any atom is 0.242 e. The summed E-state index contributed by atoms with van der Waals surface area (Å²) in [7, 11) is -7.62. The molecule has 17 heavy (non-hydrogen) atoms. The molecule has 0 unspecified atom stereocenters. The largest absolute Gasteiger partial charge is 0.242 e. The lowest BCUT2D eigenvalue weighted by atomic mass is 10.3. The van der Waals surface area contributed by atoms with Crippen molar-refractivity contribution < 1.29 is 16.8 Å². The van der Waals surface area contributed by atoms with E-state index in [0.29, 0.717) is 12.8 Å². The Balaban J connectivity index is 4.19. The van der Waals surface area contributed by atoms with E-state index in [2.05, 4.69) is 4.13 Å². The molecule has 0 aliphatic heterocycles. The fourth-order valence-corrected chi connectivity index (χ4v) is 4.43. The van der Waals surface area contributed by atoms with Crippen molar-refractivity contribution in [3.63, 3.8) is 0 Å². The number of nitrogens with zero attached hydrogens (tertiary/aromatic N) is 1. The molecule has 0 aromatic rings. The van der Waals surface area contributed by atoms with E-state index in [1.54, 1.807) is 0 Å². The van der Waals surface area contributed by atoms with E-state index < -0.39 is 20.0 Å². The predicted molar refractivity (Wildman–Crippen MR) is 68.8 cm³/mol. The summed E-state index contributed by atoms with van der Waals surface area (Å²) in [6.07, 6.45) is 4.24. The molecule has 0 aliphatic rings. The molecule has 0 rings (SSSR count). The van der Waals surface area contributed by atoms with Crippen LogP contribution < -0.4 is 4.13 Å². The van der Waals surface area contributed by atoms with E-state index >= 15 is 0 Å². The first-order chi connectivity index (χ1) is 7.83. The second kappa shape index (κ2) is 8.05. The number of sulfonamides is 2. The van der Waals surface area contributed by atoms with Crippen molar-refractivity contribution in [3.05, 3.63) is 0 Å². The van der Waals surface area contributed by atoms with Gasteiger partial charge in [-0.15, -0.1) is 0 Å². The van der Waals surface area contributed by atoms with Gasteiger partial charge in [0.1, 0.15) is 0 Å². The minimum absolute atomic E-state index is 0.173. The first-order valence-electron chi connectivity index (χ1n) is 6.02. The normalized spacial score (nSPS) is 12.8. The molecule has 0 atom stereocenters. The molecular formula is C10H22NO4S2. The van der Waals surface area contributed by atoms with Crippen molar-refractivity contribution in [1.29, 1.82) is 0 Å². The molecule has 0 bridgehead atoms. The standard InChI is InChI=1S/C10H22NO4S2/c1-3-5-7-9-16(12,13)11-17(14,15)10-8-6-4-2/h3-10H2,1-2H3. The minimum Gasteiger partial charge on any atom is -0.210 e. The minimum atomic E-state index is -3.81. The predicted octanol–water partition coefficient (Wildman–Crippen LogP) is 1.63. The highest BCUT2D eigenvalue weighted by Gasteiger charge is 2.22. The smallest absolute Gasteiger partial charge is 0.210 e. The first-order valence-corrected chi connectivity index (χ1v) is 9.24. The summed E-state index contributed by atoms with van der Waals surface area (Å²) >= 11 is 0. The molecule has 0 heterocycles. The van der Waals surface area contributed by atoms with E-state index in [1.807, 2.05) is 13.8 Å². The Hall–Kier alpha value is -0.140. The van der Waals surface area contributed by atoms with Crippen LogP contribution in [0.25, 0.3) is 0 Å². The molecule has 0 aromatic carbocycles. The second-order valence-corrected chi connectivity index (χ2v) is 7.80. The summed E-state index contributed by atoms with van der Waals surface area (Å²) in [4.78, 5) is 0. The van der Waals surface area contributed by atoms with Crippen LogP contribution in [-0.2, 0) is 20.0 Å². The third-order valence-electron chi connectivity index (χ3n) is 2.24. The summed E-state index contributed by atoms with van der Waals surface area (Å²) in [5, 5.41) is 0. The van der Waals surface area contributed by atoms with Crippen LogP contribution in [0.2, 0.25) is 0 Å². The van der Waals surface area contributed by atoms with Crippen LogP contribution in [0, 0.1) is 0 Å². The van der Waals surface area contributed by atoms with Crippen molar-refractivity contribution >= 4 is 20.0 Å². The Bertz CT molecular complexity index is 349. The SMILES string of the molecule is CCCCCS(=O)(=O)[N]S(=O)(=O)CCCCC. The third-order valence-corrected chi connectivity index (χ3v) is 5.66. The summed E-state index contributed by atoms with van der Waals surface area (Å²) in [6, 6.07) is 0. The quantitative estimate of drug-likeness (QED) is 0.571. The monoisotopic (exact) mass is 284 g/mol. The van der Waals surface area contributed by atoms with E-state index in [-0.39, 0.29) is 11.5 Å². The molecule has 0 saturated heterocycles. The number of unbranched alkanes of at least 4 members (excludes halogenated alkanes) is 4. The van der Waals surface area contributed by atoms with Gasteiger partial charge in [0, 0.05) is 4.13 Å². The highest BCUT2D eigenvalue weighted by molar-refractivity contribution is 8.04. The molecule has 103 valence electrons. The van der Waals surface area contributed by atoms with Gasteiger partial charge in [-0.2, -0.15) is 0 Å². The van der Waals surface area contributed by atoms with Crippen LogP contribution in [0.4, 0.5) is 0 Å². The maximum atomic E-state index is 11.4. The van der Waals surface area contributed by atoms with Gasteiger partial charge in [-0.3, -0.25) is 0 Å². The van der Waals surface area contributed by atoms with Gasteiger partial charge in [-0.25, -0.2) is 16.8 Å². The maximum absolute atomic E-state index is 11.4. The van der Waals surface area contributed by atoms with Crippen molar-refractivity contribution in [2.24, 2.45) is 0 Å². The fraction of sp³-hybridized carbons (Fsp3) is 1.00.